The first-order valence-corrected chi connectivity index (χ1v) is 5.34. The van der Waals surface area contributed by atoms with E-state index < -0.39 is 0 Å². The first-order valence-electron chi connectivity index (χ1n) is 5.34. The van der Waals surface area contributed by atoms with Crippen LogP contribution in [0.3, 0.4) is 0 Å². The average molecular weight is 222 g/mol. The van der Waals surface area contributed by atoms with Gasteiger partial charge < -0.3 is 10.1 Å². The number of hydrogen-bond acceptors (Lipinski definition) is 4. The van der Waals surface area contributed by atoms with Crippen LogP contribution in [0.4, 0.5) is 11.4 Å². The maximum atomic E-state index is 10.6. The zero-order chi connectivity index (χ0) is 11.4. The fourth-order valence-electron chi connectivity index (χ4n) is 1.80. The van der Waals surface area contributed by atoms with Crippen molar-refractivity contribution in [1.29, 1.82) is 0 Å². The Bertz CT molecular complexity index is 375. The molecule has 0 amide bonds. The summed E-state index contributed by atoms with van der Waals surface area (Å²) in [4.78, 5) is 10.2. The van der Waals surface area contributed by atoms with Gasteiger partial charge >= 0.3 is 0 Å². The lowest BCUT2D eigenvalue weighted by Gasteiger charge is -2.23. The minimum absolute atomic E-state index is 0.113. The molecule has 1 aliphatic heterocycles. The fourth-order valence-corrected chi connectivity index (χ4v) is 1.80. The van der Waals surface area contributed by atoms with Crippen molar-refractivity contribution >= 4 is 11.4 Å². The summed E-state index contributed by atoms with van der Waals surface area (Å²) in [5, 5.41) is 13.8. The van der Waals surface area contributed by atoms with Crippen molar-refractivity contribution in [3.63, 3.8) is 0 Å². The number of nitro benzene ring substituents is 1. The lowest BCUT2D eigenvalue weighted by atomic mass is 10.1. The monoisotopic (exact) mass is 222 g/mol. The summed E-state index contributed by atoms with van der Waals surface area (Å²) in [6, 6.07) is 6.82. The molecule has 1 aromatic rings. The Morgan fingerprint density at radius 1 is 1.50 bits per heavy atom. The molecular formula is C11H14N2O3. The van der Waals surface area contributed by atoms with Crippen LogP contribution in [0.1, 0.15) is 12.8 Å². The van der Waals surface area contributed by atoms with Gasteiger partial charge in [0.2, 0.25) is 0 Å². The van der Waals surface area contributed by atoms with Crippen LogP contribution >= 0.6 is 0 Å². The van der Waals surface area contributed by atoms with Crippen LogP contribution in [0, 0.1) is 10.1 Å². The van der Waals surface area contributed by atoms with Crippen LogP contribution in [0.5, 0.6) is 0 Å². The van der Waals surface area contributed by atoms with E-state index in [1.54, 1.807) is 12.1 Å². The van der Waals surface area contributed by atoms with Gasteiger partial charge in [-0.05, 0) is 18.9 Å². The highest BCUT2D eigenvalue weighted by Gasteiger charge is 2.14. The predicted octanol–water partition coefficient (Wildman–Crippen LogP) is 2.19. The van der Waals surface area contributed by atoms with Gasteiger partial charge in [-0.15, -0.1) is 0 Å². The number of ether oxygens (including phenoxy) is 1. The van der Waals surface area contributed by atoms with E-state index in [9.17, 15) is 10.1 Å². The van der Waals surface area contributed by atoms with Crippen molar-refractivity contribution in [2.45, 2.75) is 18.9 Å². The molecule has 1 fully saturated rings. The van der Waals surface area contributed by atoms with E-state index in [0.717, 1.165) is 25.1 Å². The second kappa shape index (κ2) is 4.94. The summed E-state index contributed by atoms with van der Waals surface area (Å²) >= 11 is 0. The summed E-state index contributed by atoms with van der Waals surface area (Å²) in [7, 11) is 0. The second-order valence-electron chi connectivity index (χ2n) is 3.87. The van der Waals surface area contributed by atoms with Gasteiger partial charge in [0.1, 0.15) is 0 Å². The molecule has 1 aromatic carbocycles. The molecule has 5 nitrogen and oxygen atoms in total. The summed E-state index contributed by atoms with van der Waals surface area (Å²) in [5.74, 6) is 0. The van der Waals surface area contributed by atoms with Crippen molar-refractivity contribution in [2.75, 3.05) is 18.5 Å². The van der Waals surface area contributed by atoms with Crippen LogP contribution in [0.15, 0.2) is 24.3 Å². The van der Waals surface area contributed by atoms with Crippen LogP contribution in [0.2, 0.25) is 0 Å². The molecule has 0 spiro atoms. The zero-order valence-corrected chi connectivity index (χ0v) is 8.89. The highest BCUT2D eigenvalue weighted by atomic mass is 16.6. The Morgan fingerprint density at radius 2 is 2.38 bits per heavy atom. The Labute approximate surface area is 93.6 Å². The van der Waals surface area contributed by atoms with Crippen LogP contribution in [-0.4, -0.2) is 24.2 Å². The van der Waals surface area contributed by atoms with Crippen molar-refractivity contribution in [3.8, 4) is 0 Å². The lowest BCUT2D eigenvalue weighted by molar-refractivity contribution is -0.384. The summed E-state index contributed by atoms with van der Waals surface area (Å²) < 4.78 is 5.34. The van der Waals surface area contributed by atoms with Crippen LogP contribution in [-0.2, 0) is 4.74 Å². The number of nitrogens with one attached hydrogen (secondary N) is 1. The maximum Gasteiger partial charge on any atom is 0.271 e. The van der Waals surface area contributed by atoms with Gasteiger partial charge in [-0.1, -0.05) is 6.07 Å². The molecule has 1 heterocycles. The van der Waals surface area contributed by atoms with E-state index in [0.29, 0.717) is 6.61 Å². The van der Waals surface area contributed by atoms with E-state index >= 15 is 0 Å². The third-order valence-electron chi connectivity index (χ3n) is 2.59. The highest BCUT2D eigenvalue weighted by molar-refractivity contribution is 5.51. The number of non-ortho nitro benzene ring substituents is 1. The number of anilines is 1. The van der Waals surface area contributed by atoms with E-state index in [4.69, 9.17) is 4.74 Å². The topological polar surface area (TPSA) is 64.4 Å². The number of rotatable bonds is 3. The highest BCUT2D eigenvalue weighted by Crippen LogP contribution is 2.19. The summed E-state index contributed by atoms with van der Waals surface area (Å²) in [5.41, 5.74) is 0.895. The largest absolute Gasteiger partial charge is 0.380 e. The van der Waals surface area contributed by atoms with Gasteiger partial charge in [-0.2, -0.15) is 0 Å². The van der Waals surface area contributed by atoms with Gasteiger partial charge in [0.15, 0.2) is 0 Å². The molecule has 0 aliphatic carbocycles. The third kappa shape index (κ3) is 2.70. The normalized spacial score (nSPS) is 20.4. The molecule has 1 aliphatic rings. The van der Waals surface area contributed by atoms with Crippen LogP contribution in [0.25, 0.3) is 0 Å². The Balaban J connectivity index is 2.02. The van der Waals surface area contributed by atoms with Gasteiger partial charge in [-0.3, -0.25) is 10.1 Å². The molecule has 1 unspecified atom stereocenters. The lowest BCUT2D eigenvalue weighted by Crippen LogP contribution is -2.29. The molecule has 0 saturated carbocycles. The predicted molar refractivity (Wildman–Crippen MR) is 60.6 cm³/mol. The minimum Gasteiger partial charge on any atom is -0.380 e. The standard InChI is InChI=1S/C11H14N2O3/c14-13(15)11-5-1-3-9(7-11)12-10-4-2-6-16-8-10/h1,3,5,7,10,12H,2,4,6,8H2. The molecule has 0 radical (unpaired) electrons. The Morgan fingerprint density at radius 3 is 3.06 bits per heavy atom. The Hall–Kier alpha value is -1.62. The number of nitrogens with zero attached hydrogens (tertiary/aromatic N) is 1. The SMILES string of the molecule is O=[N+]([O-])c1cccc(NC2CCCOC2)c1. The molecule has 1 saturated heterocycles. The van der Waals surface area contributed by atoms with Crippen molar-refractivity contribution in [3.05, 3.63) is 34.4 Å². The molecule has 16 heavy (non-hydrogen) atoms. The smallest absolute Gasteiger partial charge is 0.271 e. The molecule has 0 bridgehead atoms. The van der Waals surface area contributed by atoms with Gasteiger partial charge in [-0.25, -0.2) is 0 Å². The molecule has 1 atom stereocenters. The van der Waals surface area contributed by atoms with Gasteiger partial charge in [0.25, 0.3) is 5.69 Å². The maximum absolute atomic E-state index is 10.6. The summed E-state index contributed by atoms with van der Waals surface area (Å²) in [6.07, 6.45) is 2.08. The van der Waals surface area contributed by atoms with Crippen molar-refractivity contribution < 1.29 is 9.66 Å². The zero-order valence-electron chi connectivity index (χ0n) is 8.89. The van der Waals surface area contributed by atoms with Gasteiger partial charge in [0.05, 0.1) is 11.5 Å². The number of benzene rings is 1. The second-order valence-corrected chi connectivity index (χ2v) is 3.87. The van der Waals surface area contributed by atoms with E-state index in [1.165, 1.54) is 6.07 Å². The fraction of sp³-hybridized carbons (Fsp3) is 0.455. The molecule has 0 aromatic heterocycles. The summed E-state index contributed by atoms with van der Waals surface area (Å²) in [6.45, 7) is 1.48. The average Bonchev–Trinajstić information content (AvgIpc) is 2.30. The van der Waals surface area contributed by atoms with Crippen molar-refractivity contribution in [2.24, 2.45) is 0 Å². The molecule has 2 rings (SSSR count). The molecule has 5 heteroatoms. The van der Waals surface area contributed by atoms with Gasteiger partial charge in [0, 0.05) is 30.5 Å². The van der Waals surface area contributed by atoms with E-state index in [2.05, 4.69) is 5.32 Å². The first kappa shape index (κ1) is 10.9. The van der Waals surface area contributed by atoms with Crippen LogP contribution < -0.4 is 5.32 Å². The quantitative estimate of drug-likeness (QED) is 0.629. The third-order valence-corrected chi connectivity index (χ3v) is 2.59. The van der Waals surface area contributed by atoms with E-state index in [-0.39, 0.29) is 16.7 Å². The number of nitro groups is 1. The number of hydrogen-bond donors (Lipinski definition) is 1. The minimum atomic E-state index is -0.386. The molecule has 86 valence electrons. The first-order chi connectivity index (χ1) is 7.75. The van der Waals surface area contributed by atoms with E-state index in [1.807, 2.05) is 6.07 Å². The molecular weight excluding hydrogens is 208 g/mol. The Kier molecular flexibility index (Phi) is 3.36. The molecule has 1 N–H and O–H groups in total. The van der Waals surface area contributed by atoms with Crippen molar-refractivity contribution in [1.82, 2.24) is 0 Å².